The summed E-state index contributed by atoms with van der Waals surface area (Å²) < 4.78 is 0. The van der Waals surface area contributed by atoms with Gasteiger partial charge < -0.3 is 15.1 Å². The van der Waals surface area contributed by atoms with Gasteiger partial charge in [-0.2, -0.15) is 0 Å². The third-order valence-corrected chi connectivity index (χ3v) is 5.28. The Labute approximate surface area is 146 Å². The first-order valence-electron chi connectivity index (χ1n) is 8.30. The van der Waals surface area contributed by atoms with Gasteiger partial charge in [-0.05, 0) is 31.0 Å². The van der Waals surface area contributed by atoms with Crippen molar-refractivity contribution < 1.29 is 4.79 Å². The van der Waals surface area contributed by atoms with Gasteiger partial charge in [-0.3, -0.25) is 4.98 Å². The first-order valence-corrected chi connectivity index (χ1v) is 9.17. The second kappa shape index (κ2) is 7.61. The van der Waals surface area contributed by atoms with Crippen molar-refractivity contribution in [3.63, 3.8) is 0 Å². The molecule has 1 fully saturated rings. The molecule has 0 aromatic carbocycles. The van der Waals surface area contributed by atoms with Gasteiger partial charge in [0.05, 0.1) is 11.7 Å². The molecule has 3 rings (SSSR count). The molecule has 2 aromatic heterocycles. The van der Waals surface area contributed by atoms with E-state index in [4.69, 9.17) is 0 Å². The molecule has 1 saturated heterocycles. The summed E-state index contributed by atoms with van der Waals surface area (Å²) >= 11 is 1.67. The Hall–Kier alpha value is -2.15. The SMILES string of the molecule is CC[C@H](NC(=O)N1CCN(c2nc(C)cs2)CC1)c1ccncc1. The van der Waals surface area contributed by atoms with Crippen LogP contribution in [0.5, 0.6) is 0 Å². The van der Waals surface area contributed by atoms with Gasteiger partial charge in [-0.1, -0.05) is 6.92 Å². The van der Waals surface area contributed by atoms with Crippen LogP contribution in [0.15, 0.2) is 29.9 Å². The molecule has 0 radical (unpaired) electrons. The fraction of sp³-hybridized carbons (Fsp3) is 0.471. The number of urea groups is 1. The number of nitrogens with one attached hydrogen (secondary N) is 1. The van der Waals surface area contributed by atoms with Gasteiger partial charge in [0, 0.05) is 44.0 Å². The third kappa shape index (κ3) is 3.84. The topological polar surface area (TPSA) is 61.4 Å². The lowest BCUT2D eigenvalue weighted by atomic mass is 10.1. The number of nitrogens with zero attached hydrogens (tertiary/aromatic N) is 4. The molecule has 2 amide bonds. The van der Waals surface area contributed by atoms with E-state index < -0.39 is 0 Å². The standard InChI is InChI=1S/C17H23N5OS/c1-3-15(14-4-6-18-7-5-14)20-16(23)21-8-10-22(11-9-21)17-19-13(2)12-24-17/h4-7,12,15H,3,8-11H2,1-2H3,(H,20,23)/t15-/m0/s1. The van der Waals surface area contributed by atoms with Crippen molar-refractivity contribution in [3.8, 4) is 0 Å². The molecular formula is C17H23N5OS. The van der Waals surface area contributed by atoms with Crippen LogP contribution in [0.2, 0.25) is 0 Å². The number of carbonyl (C=O) groups excluding carboxylic acids is 1. The maximum Gasteiger partial charge on any atom is 0.318 e. The fourth-order valence-electron chi connectivity index (χ4n) is 2.84. The first-order chi connectivity index (χ1) is 11.7. The predicted molar refractivity (Wildman–Crippen MR) is 96.4 cm³/mol. The molecule has 3 heterocycles. The zero-order valence-corrected chi connectivity index (χ0v) is 14.9. The number of carbonyl (C=O) groups is 1. The van der Waals surface area contributed by atoms with E-state index in [1.165, 1.54) is 0 Å². The monoisotopic (exact) mass is 345 g/mol. The molecule has 0 saturated carbocycles. The second-order valence-corrected chi connectivity index (χ2v) is 6.77. The molecule has 1 N–H and O–H groups in total. The number of amides is 2. The van der Waals surface area contributed by atoms with Gasteiger partial charge in [0.15, 0.2) is 5.13 Å². The first kappa shape index (κ1) is 16.7. The highest BCUT2D eigenvalue weighted by Crippen LogP contribution is 2.22. The summed E-state index contributed by atoms with van der Waals surface area (Å²) in [7, 11) is 0. The Bertz CT molecular complexity index is 667. The highest BCUT2D eigenvalue weighted by molar-refractivity contribution is 7.13. The zero-order chi connectivity index (χ0) is 16.9. The summed E-state index contributed by atoms with van der Waals surface area (Å²) in [6.45, 7) is 7.18. The summed E-state index contributed by atoms with van der Waals surface area (Å²) in [6.07, 6.45) is 4.38. The van der Waals surface area contributed by atoms with E-state index in [0.717, 1.165) is 49.0 Å². The van der Waals surface area contributed by atoms with Gasteiger partial charge in [-0.15, -0.1) is 11.3 Å². The summed E-state index contributed by atoms with van der Waals surface area (Å²) in [4.78, 5) is 25.3. The van der Waals surface area contributed by atoms with Crippen molar-refractivity contribution in [1.29, 1.82) is 0 Å². The number of piperazine rings is 1. The Balaban J connectivity index is 1.55. The minimum Gasteiger partial charge on any atom is -0.345 e. The molecule has 1 aliphatic heterocycles. The molecule has 24 heavy (non-hydrogen) atoms. The lowest BCUT2D eigenvalue weighted by Crippen LogP contribution is -2.52. The molecule has 6 nitrogen and oxygen atoms in total. The number of pyridine rings is 1. The Morgan fingerprint density at radius 3 is 2.58 bits per heavy atom. The van der Waals surface area contributed by atoms with Crippen molar-refractivity contribution in [1.82, 2.24) is 20.2 Å². The molecule has 0 unspecified atom stereocenters. The Morgan fingerprint density at radius 1 is 1.29 bits per heavy atom. The predicted octanol–water partition coefficient (Wildman–Crippen LogP) is 2.83. The lowest BCUT2D eigenvalue weighted by molar-refractivity contribution is 0.190. The number of hydrogen-bond acceptors (Lipinski definition) is 5. The fourth-order valence-corrected chi connectivity index (χ4v) is 3.70. The van der Waals surface area contributed by atoms with Gasteiger partial charge >= 0.3 is 6.03 Å². The highest BCUT2D eigenvalue weighted by atomic mass is 32.1. The lowest BCUT2D eigenvalue weighted by Gasteiger charge is -2.35. The minimum atomic E-state index is 0.00799. The van der Waals surface area contributed by atoms with Crippen LogP contribution >= 0.6 is 11.3 Å². The summed E-state index contributed by atoms with van der Waals surface area (Å²) in [5.41, 5.74) is 2.15. The van der Waals surface area contributed by atoms with Crippen LogP contribution in [0.3, 0.4) is 0 Å². The van der Waals surface area contributed by atoms with Gasteiger partial charge in [0.1, 0.15) is 0 Å². The van der Waals surface area contributed by atoms with E-state index in [-0.39, 0.29) is 12.1 Å². The number of aryl methyl sites for hydroxylation is 1. The molecule has 0 bridgehead atoms. The van der Waals surface area contributed by atoms with E-state index in [1.807, 2.05) is 24.0 Å². The quantitative estimate of drug-likeness (QED) is 0.926. The van der Waals surface area contributed by atoms with Crippen molar-refractivity contribution in [2.75, 3.05) is 31.1 Å². The van der Waals surface area contributed by atoms with Crippen molar-refractivity contribution in [2.24, 2.45) is 0 Å². The summed E-state index contributed by atoms with van der Waals surface area (Å²) in [5, 5.41) is 6.26. The van der Waals surface area contributed by atoms with Gasteiger partial charge in [0.2, 0.25) is 0 Å². The Morgan fingerprint density at radius 2 is 2.00 bits per heavy atom. The van der Waals surface area contributed by atoms with Gasteiger partial charge in [-0.25, -0.2) is 9.78 Å². The van der Waals surface area contributed by atoms with Gasteiger partial charge in [0.25, 0.3) is 0 Å². The molecule has 1 atom stereocenters. The van der Waals surface area contributed by atoms with Crippen LogP contribution in [0.1, 0.15) is 30.6 Å². The molecule has 2 aromatic rings. The van der Waals surface area contributed by atoms with Crippen molar-refractivity contribution >= 4 is 22.5 Å². The molecule has 1 aliphatic rings. The van der Waals surface area contributed by atoms with Crippen LogP contribution in [-0.4, -0.2) is 47.1 Å². The van der Waals surface area contributed by atoms with Crippen LogP contribution < -0.4 is 10.2 Å². The van der Waals surface area contributed by atoms with Crippen LogP contribution in [0.4, 0.5) is 9.93 Å². The molecule has 0 aliphatic carbocycles. The highest BCUT2D eigenvalue weighted by Gasteiger charge is 2.24. The van der Waals surface area contributed by atoms with Crippen LogP contribution in [0, 0.1) is 6.92 Å². The molecular weight excluding hydrogens is 322 g/mol. The van der Waals surface area contributed by atoms with E-state index >= 15 is 0 Å². The Kier molecular flexibility index (Phi) is 5.30. The smallest absolute Gasteiger partial charge is 0.318 e. The average Bonchev–Trinajstić information content (AvgIpc) is 3.07. The zero-order valence-electron chi connectivity index (χ0n) is 14.1. The van der Waals surface area contributed by atoms with E-state index in [0.29, 0.717) is 0 Å². The number of anilines is 1. The number of aromatic nitrogens is 2. The summed E-state index contributed by atoms with van der Waals surface area (Å²) in [6, 6.07) is 3.95. The van der Waals surface area contributed by atoms with E-state index in [9.17, 15) is 4.79 Å². The van der Waals surface area contributed by atoms with E-state index in [1.54, 1.807) is 23.7 Å². The summed E-state index contributed by atoms with van der Waals surface area (Å²) in [5.74, 6) is 0. The van der Waals surface area contributed by atoms with Crippen molar-refractivity contribution in [2.45, 2.75) is 26.3 Å². The van der Waals surface area contributed by atoms with Crippen LogP contribution in [0.25, 0.3) is 0 Å². The maximum absolute atomic E-state index is 12.6. The number of thiazole rings is 1. The maximum atomic E-state index is 12.6. The molecule has 7 heteroatoms. The molecule has 128 valence electrons. The third-order valence-electron chi connectivity index (χ3n) is 4.26. The van der Waals surface area contributed by atoms with E-state index in [2.05, 4.69) is 32.5 Å². The minimum absolute atomic E-state index is 0.00799. The normalized spacial score (nSPS) is 16.1. The average molecular weight is 345 g/mol. The largest absolute Gasteiger partial charge is 0.345 e. The number of rotatable bonds is 4. The van der Waals surface area contributed by atoms with Crippen LogP contribution in [-0.2, 0) is 0 Å². The van der Waals surface area contributed by atoms with Crippen molar-refractivity contribution in [3.05, 3.63) is 41.2 Å². The molecule has 0 spiro atoms. The number of hydrogen-bond donors (Lipinski definition) is 1. The second-order valence-electron chi connectivity index (χ2n) is 5.94.